The molecule has 0 unspecified atom stereocenters. The Bertz CT molecular complexity index is 563. The zero-order chi connectivity index (χ0) is 11.5. The number of aromatic nitrogens is 2. The van der Waals surface area contributed by atoms with Gasteiger partial charge in [0.05, 0.1) is 5.39 Å². The van der Waals surface area contributed by atoms with Gasteiger partial charge in [-0.15, -0.1) is 0 Å². The molecule has 84 valence electrons. The molecule has 4 N–H and O–H groups in total. The number of aromatic amines is 1. The third-order valence-corrected chi connectivity index (χ3v) is 2.38. The van der Waals surface area contributed by atoms with Crippen LogP contribution < -0.4 is 11.3 Å². The normalized spacial score (nSPS) is 10.8. The van der Waals surface area contributed by atoms with E-state index in [1.165, 1.54) is 6.07 Å². The van der Waals surface area contributed by atoms with E-state index < -0.39 is 0 Å². The molecule has 16 heavy (non-hydrogen) atoms. The molecule has 1 heterocycles. The standard InChI is InChI=1S/C11H13N3O2/c12-6-2-5-9-13-10-7(11(16)14-9)3-1-4-8(10)15/h1,3-4,15H,2,5-6,12H2,(H,13,14,16). The van der Waals surface area contributed by atoms with Crippen LogP contribution >= 0.6 is 0 Å². The van der Waals surface area contributed by atoms with Crippen LogP contribution in [0.15, 0.2) is 23.0 Å². The second kappa shape index (κ2) is 4.32. The zero-order valence-corrected chi connectivity index (χ0v) is 8.73. The summed E-state index contributed by atoms with van der Waals surface area (Å²) in [6, 6.07) is 4.77. The Balaban J connectivity index is 2.57. The lowest BCUT2D eigenvalue weighted by atomic mass is 10.2. The number of phenols is 1. The number of benzene rings is 1. The van der Waals surface area contributed by atoms with Crippen molar-refractivity contribution in [2.45, 2.75) is 12.8 Å². The molecule has 0 aliphatic heterocycles. The van der Waals surface area contributed by atoms with Crippen molar-refractivity contribution in [2.75, 3.05) is 6.54 Å². The number of hydrogen-bond donors (Lipinski definition) is 3. The Morgan fingerprint density at radius 2 is 2.25 bits per heavy atom. The molecule has 0 amide bonds. The molecular weight excluding hydrogens is 206 g/mol. The molecule has 0 saturated heterocycles. The maximum absolute atomic E-state index is 11.7. The molecular formula is C11H13N3O2. The molecule has 0 aliphatic carbocycles. The van der Waals surface area contributed by atoms with Crippen LogP contribution in [-0.2, 0) is 6.42 Å². The lowest BCUT2D eigenvalue weighted by Crippen LogP contribution is -2.13. The van der Waals surface area contributed by atoms with Gasteiger partial charge < -0.3 is 15.8 Å². The fraction of sp³-hybridized carbons (Fsp3) is 0.273. The predicted molar refractivity (Wildman–Crippen MR) is 61.4 cm³/mol. The molecule has 0 atom stereocenters. The van der Waals surface area contributed by atoms with Gasteiger partial charge in [0.2, 0.25) is 0 Å². The lowest BCUT2D eigenvalue weighted by molar-refractivity contribution is 0.480. The topological polar surface area (TPSA) is 92.0 Å². The minimum Gasteiger partial charge on any atom is -0.506 e. The number of hydrogen-bond acceptors (Lipinski definition) is 4. The Labute approximate surface area is 91.9 Å². The van der Waals surface area contributed by atoms with Crippen molar-refractivity contribution in [1.82, 2.24) is 9.97 Å². The molecule has 2 aromatic rings. The van der Waals surface area contributed by atoms with E-state index in [2.05, 4.69) is 9.97 Å². The van der Waals surface area contributed by atoms with Crippen LogP contribution in [0.2, 0.25) is 0 Å². The fourth-order valence-electron chi connectivity index (χ4n) is 1.58. The van der Waals surface area contributed by atoms with E-state index in [0.29, 0.717) is 29.7 Å². The summed E-state index contributed by atoms with van der Waals surface area (Å²) in [5, 5.41) is 10.0. The number of H-pyrrole nitrogens is 1. The second-order valence-electron chi connectivity index (χ2n) is 3.58. The highest BCUT2D eigenvalue weighted by Gasteiger charge is 2.06. The molecule has 1 aromatic heterocycles. The van der Waals surface area contributed by atoms with Gasteiger partial charge in [-0.1, -0.05) is 6.07 Å². The number of rotatable bonds is 3. The van der Waals surface area contributed by atoms with Gasteiger partial charge in [0, 0.05) is 6.42 Å². The zero-order valence-electron chi connectivity index (χ0n) is 8.73. The summed E-state index contributed by atoms with van der Waals surface area (Å²) in [6.45, 7) is 0.544. The highest BCUT2D eigenvalue weighted by molar-refractivity contribution is 5.83. The van der Waals surface area contributed by atoms with E-state index in [9.17, 15) is 9.90 Å². The molecule has 0 fully saturated rings. The number of fused-ring (bicyclic) bond motifs is 1. The molecule has 5 nitrogen and oxygen atoms in total. The molecule has 0 spiro atoms. The largest absolute Gasteiger partial charge is 0.506 e. The first-order valence-electron chi connectivity index (χ1n) is 5.13. The number of aryl methyl sites for hydroxylation is 1. The first-order chi connectivity index (χ1) is 7.72. The van der Waals surface area contributed by atoms with Crippen molar-refractivity contribution in [3.8, 4) is 5.75 Å². The Kier molecular flexibility index (Phi) is 2.87. The quantitative estimate of drug-likeness (QED) is 0.701. The van der Waals surface area contributed by atoms with Crippen LogP contribution in [0.3, 0.4) is 0 Å². The van der Waals surface area contributed by atoms with Gasteiger partial charge in [0.25, 0.3) is 5.56 Å². The highest BCUT2D eigenvalue weighted by atomic mass is 16.3. The number of phenolic OH excluding ortho intramolecular Hbond substituents is 1. The monoisotopic (exact) mass is 219 g/mol. The van der Waals surface area contributed by atoms with Crippen molar-refractivity contribution in [3.63, 3.8) is 0 Å². The number of nitrogens with two attached hydrogens (primary N) is 1. The summed E-state index contributed by atoms with van der Waals surface area (Å²) >= 11 is 0. The third kappa shape index (κ3) is 1.90. The predicted octanol–water partition coefficient (Wildman–Crippen LogP) is 0.520. The smallest absolute Gasteiger partial charge is 0.258 e. The van der Waals surface area contributed by atoms with Crippen LogP contribution in [0.4, 0.5) is 0 Å². The summed E-state index contributed by atoms with van der Waals surface area (Å²) in [5.74, 6) is 0.585. The van der Waals surface area contributed by atoms with Gasteiger partial charge >= 0.3 is 0 Å². The lowest BCUT2D eigenvalue weighted by Gasteiger charge is -2.03. The highest BCUT2D eigenvalue weighted by Crippen LogP contribution is 2.19. The third-order valence-electron chi connectivity index (χ3n) is 2.38. The number of nitrogens with zero attached hydrogens (tertiary/aromatic N) is 1. The summed E-state index contributed by atoms with van der Waals surface area (Å²) in [4.78, 5) is 18.6. The van der Waals surface area contributed by atoms with Crippen molar-refractivity contribution >= 4 is 10.9 Å². The summed E-state index contributed by atoms with van der Waals surface area (Å²) in [5.41, 5.74) is 5.50. The SMILES string of the molecule is NCCCc1nc2c(O)cccc2c(=O)[nH]1. The first kappa shape index (κ1) is 10.6. The molecule has 0 aliphatic rings. The van der Waals surface area contributed by atoms with Gasteiger partial charge in [-0.25, -0.2) is 4.98 Å². The molecule has 0 saturated carbocycles. The van der Waals surface area contributed by atoms with E-state index >= 15 is 0 Å². The van der Waals surface area contributed by atoms with Crippen molar-refractivity contribution in [1.29, 1.82) is 0 Å². The van der Waals surface area contributed by atoms with Crippen LogP contribution in [0.1, 0.15) is 12.2 Å². The second-order valence-corrected chi connectivity index (χ2v) is 3.58. The van der Waals surface area contributed by atoms with E-state index in [-0.39, 0.29) is 11.3 Å². The van der Waals surface area contributed by atoms with Crippen LogP contribution in [-0.4, -0.2) is 21.6 Å². The molecule has 0 bridgehead atoms. The molecule has 2 rings (SSSR count). The average molecular weight is 219 g/mol. The van der Waals surface area contributed by atoms with Gasteiger partial charge in [-0.05, 0) is 25.1 Å². The molecule has 0 radical (unpaired) electrons. The number of aromatic hydroxyl groups is 1. The Morgan fingerprint density at radius 1 is 1.44 bits per heavy atom. The summed E-state index contributed by atoms with van der Waals surface area (Å²) in [6.07, 6.45) is 1.36. The maximum Gasteiger partial charge on any atom is 0.258 e. The minimum atomic E-state index is -0.229. The number of nitrogens with one attached hydrogen (secondary N) is 1. The van der Waals surface area contributed by atoms with Crippen molar-refractivity contribution < 1.29 is 5.11 Å². The van der Waals surface area contributed by atoms with Crippen LogP contribution in [0, 0.1) is 0 Å². The van der Waals surface area contributed by atoms with E-state index in [0.717, 1.165) is 6.42 Å². The molecule has 5 heteroatoms. The van der Waals surface area contributed by atoms with Gasteiger partial charge in [0.15, 0.2) is 0 Å². The summed E-state index contributed by atoms with van der Waals surface area (Å²) < 4.78 is 0. The van der Waals surface area contributed by atoms with Crippen LogP contribution in [0.5, 0.6) is 5.75 Å². The Hall–Kier alpha value is -1.88. The van der Waals surface area contributed by atoms with E-state index in [1.807, 2.05) is 0 Å². The van der Waals surface area contributed by atoms with Crippen molar-refractivity contribution in [2.24, 2.45) is 5.73 Å². The van der Waals surface area contributed by atoms with Gasteiger partial charge in [0.1, 0.15) is 17.1 Å². The minimum absolute atomic E-state index is 0.0256. The fourth-order valence-corrected chi connectivity index (χ4v) is 1.58. The average Bonchev–Trinajstić information content (AvgIpc) is 2.28. The van der Waals surface area contributed by atoms with Gasteiger partial charge in [-0.3, -0.25) is 4.79 Å². The first-order valence-corrected chi connectivity index (χ1v) is 5.13. The van der Waals surface area contributed by atoms with E-state index in [4.69, 9.17) is 5.73 Å². The Morgan fingerprint density at radius 3 is 3.00 bits per heavy atom. The van der Waals surface area contributed by atoms with E-state index in [1.54, 1.807) is 12.1 Å². The maximum atomic E-state index is 11.7. The molecule has 1 aromatic carbocycles. The summed E-state index contributed by atoms with van der Waals surface area (Å²) in [7, 11) is 0. The van der Waals surface area contributed by atoms with Crippen LogP contribution in [0.25, 0.3) is 10.9 Å². The van der Waals surface area contributed by atoms with Gasteiger partial charge in [-0.2, -0.15) is 0 Å². The number of para-hydroxylation sites is 1. The van der Waals surface area contributed by atoms with Crippen molar-refractivity contribution in [3.05, 3.63) is 34.4 Å².